The molecule has 0 radical (unpaired) electrons. The van der Waals surface area contributed by atoms with Gasteiger partial charge in [0.25, 0.3) is 5.90 Å². The third-order valence-electron chi connectivity index (χ3n) is 2.92. The van der Waals surface area contributed by atoms with Crippen LogP contribution in [0.2, 0.25) is 10.0 Å². The topological polar surface area (TPSA) is 95.2 Å². The van der Waals surface area contributed by atoms with Crippen molar-refractivity contribution in [2.45, 2.75) is 0 Å². The standard InChI is InChI=1S/C15H9Cl2NO6S/c1-25(20,21)24-13-8(5-9(16)7-10(13)17)6-11-15(19)23-14(18-11)12-3-2-4-22-12/h2-7H,1H3. The van der Waals surface area contributed by atoms with Crippen molar-refractivity contribution in [1.82, 2.24) is 0 Å². The Balaban J connectivity index is 2.07. The Labute approximate surface area is 152 Å². The van der Waals surface area contributed by atoms with Crippen LogP contribution in [-0.2, 0) is 19.6 Å². The normalized spacial score (nSPS) is 16.0. The van der Waals surface area contributed by atoms with Crippen molar-refractivity contribution in [2.24, 2.45) is 4.99 Å². The molecule has 3 rings (SSSR count). The van der Waals surface area contributed by atoms with Gasteiger partial charge in [-0.3, -0.25) is 0 Å². The molecule has 1 aromatic heterocycles. The number of rotatable bonds is 4. The molecule has 0 fully saturated rings. The van der Waals surface area contributed by atoms with Gasteiger partial charge in [-0.15, -0.1) is 0 Å². The Bertz CT molecular complexity index is 1010. The molecule has 0 saturated carbocycles. The van der Waals surface area contributed by atoms with Gasteiger partial charge >= 0.3 is 16.1 Å². The molecule has 0 amide bonds. The first-order chi connectivity index (χ1) is 11.7. The molecular weight excluding hydrogens is 393 g/mol. The highest BCUT2D eigenvalue weighted by Gasteiger charge is 2.27. The summed E-state index contributed by atoms with van der Waals surface area (Å²) in [7, 11) is -3.85. The lowest BCUT2D eigenvalue weighted by atomic mass is 10.1. The van der Waals surface area contributed by atoms with E-state index in [2.05, 4.69) is 4.99 Å². The van der Waals surface area contributed by atoms with Crippen LogP contribution in [0.25, 0.3) is 6.08 Å². The van der Waals surface area contributed by atoms with E-state index < -0.39 is 16.1 Å². The number of carbonyl (C=O) groups excluding carboxylic acids is 1. The van der Waals surface area contributed by atoms with Crippen molar-refractivity contribution < 1.29 is 26.5 Å². The maximum atomic E-state index is 12.0. The van der Waals surface area contributed by atoms with Gasteiger partial charge in [-0.2, -0.15) is 8.42 Å². The van der Waals surface area contributed by atoms with Crippen molar-refractivity contribution in [3.63, 3.8) is 0 Å². The van der Waals surface area contributed by atoms with Crippen LogP contribution in [-0.4, -0.2) is 26.5 Å². The monoisotopic (exact) mass is 401 g/mol. The number of benzene rings is 1. The average Bonchev–Trinajstić information content (AvgIpc) is 3.12. The number of halogens is 2. The van der Waals surface area contributed by atoms with Crippen LogP contribution < -0.4 is 4.18 Å². The van der Waals surface area contributed by atoms with Gasteiger partial charge in [0.1, 0.15) is 0 Å². The first-order valence-electron chi connectivity index (χ1n) is 6.68. The number of carbonyl (C=O) groups is 1. The van der Waals surface area contributed by atoms with Gasteiger partial charge in [0.2, 0.25) is 0 Å². The zero-order valence-electron chi connectivity index (χ0n) is 12.5. The second kappa shape index (κ2) is 6.55. The molecule has 7 nitrogen and oxygen atoms in total. The second-order valence-electron chi connectivity index (χ2n) is 4.91. The van der Waals surface area contributed by atoms with E-state index in [0.29, 0.717) is 0 Å². The summed E-state index contributed by atoms with van der Waals surface area (Å²) in [5.41, 5.74) is 0.0578. The fourth-order valence-corrected chi connectivity index (χ4v) is 3.07. The maximum Gasteiger partial charge on any atom is 0.363 e. The number of ether oxygens (including phenoxy) is 1. The van der Waals surface area contributed by atoms with Crippen LogP contribution in [0.4, 0.5) is 0 Å². The van der Waals surface area contributed by atoms with E-state index in [1.54, 1.807) is 12.1 Å². The number of esters is 1. The average molecular weight is 402 g/mol. The zero-order chi connectivity index (χ0) is 18.2. The summed E-state index contributed by atoms with van der Waals surface area (Å²) in [5, 5.41) is 0.186. The Morgan fingerprint density at radius 3 is 2.68 bits per heavy atom. The van der Waals surface area contributed by atoms with Crippen LogP contribution in [0.1, 0.15) is 11.3 Å². The SMILES string of the molecule is CS(=O)(=O)Oc1c(Cl)cc(Cl)cc1C=C1N=C(c2ccco2)OC1=O. The Morgan fingerprint density at radius 1 is 1.28 bits per heavy atom. The number of hydrogen-bond acceptors (Lipinski definition) is 7. The second-order valence-corrected chi connectivity index (χ2v) is 7.33. The quantitative estimate of drug-likeness (QED) is 0.443. The van der Waals surface area contributed by atoms with Crippen molar-refractivity contribution in [2.75, 3.05) is 6.26 Å². The zero-order valence-corrected chi connectivity index (χ0v) is 14.9. The largest absolute Gasteiger partial charge is 0.459 e. The minimum atomic E-state index is -3.85. The molecule has 10 heteroatoms. The van der Waals surface area contributed by atoms with Crippen molar-refractivity contribution in [3.8, 4) is 5.75 Å². The molecule has 1 aliphatic rings. The Morgan fingerprint density at radius 2 is 2.04 bits per heavy atom. The van der Waals surface area contributed by atoms with Gasteiger partial charge in [0.15, 0.2) is 17.2 Å². The summed E-state index contributed by atoms with van der Waals surface area (Å²) in [6.07, 6.45) is 3.53. The number of nitrogens with zero attached hydrogens (tertiary/aromatic N) is 1. The predicted octanol–water partition coefficient (Wildman–Crippen LogP) is 3.27. The number of aliphatic imine (C=N–C) groups is 1. The molecule has 0 saturated heterocycles. The van der Waals surface area contributed by atoms with E-state index in [4.69, 9.17) is 36.5 Å². The van der Waals surface area contributed by atoms with Gasteiger partial charge in [-0.1, -0.05) is 23.2 Å². The van der Waals surface area contributed by atoms with Gasteiger partial charge in [0, 0.05) is 10.6 Å². The van der Waals surface area contributed by atoms with Gasteiger partial charge in [-0.05, 0) is 30.3 Å². The Kier molecular flexibility index (Phi) is 4.59. The van der Waals surface area contributed by atoms with E-state index in [-0.39, 0.29) is 38.7 Å². The van der Waals surface area contributed by atoms with Crippen LogP contribution in [0.5, 0.6) is 5.75 Å². The van der Waals surface area contributed by atoms with E-state index in [1.165, 1.54) is 24.5 Å². The lowest BCUT2D eigenvalue weighted by molar-refractivity contribution is -0.130. The lowest BCUT2D eigenvalue weighted by Gasteiger charge is -2.09. The molecule has 0 unspecified atom stereocenters. The first-order valence-corrected chi connectivity index (χ1v) is 9.25. The van der Waals surface area contributed by atoms with Crippen LogP contribution in [0.3, 0.4) is 0 Å². The van der Waals surface area contributed by atoms with Gasteiger partial charge in [0.05, 0.1) is 17.5 Å². The molecule has 0 aliphatic carbocycles. The van der Waals surface area contributed by atoms with Crippen molar-refractivity contribution >= 4 is 51.3 Å². The fraction of sp³-hybridized carbons (Fsp3) is 0.0667. The molecule has 0 N–H and O–H groups in total. The van der Waals surface area contributed by atoms with E-state index in [9.17, 15) is 13.2 Å². The highest BCUT2D eigenvalue weighted by atomic mass is 35.5. The minimum absolute atomic E-state index is 0.0139. The lowest BCUT2D eigenvalue weighted by Crippen LogP contribution is -2.07. The minimum Gasteiger partial charge on any atom is -0.459 e. The number of furan rings is 1. The molecule has 2 heterocycles. The van der Waals surface area contributed by atoms with Crippen LogP contribution in [0.15, 0.2) is 45.6 Å². The molecule has 25 heavy (non-hydrogen) atoms. The van der Waals surface area contributed by atoms with Crippen LogP contribution >= 0.6 is 23.2 Å². The van der Waals surface area contributed by atoms with E-state index in [1.807, 2.05) is 0 Å². The maximum absolute atomic E-state index is 12.0. The number of hydrogen-bond donors (Lipinski definition) is 0. The predicted molar refractivity (Wildman–Crippen MR) is 91.2 cm³/mol. The Hall–Kier alpha value is -2.29. The first kappa shape index (κ1) is 17.5. The summed E-state index contributed by atoms with van der Waals surface area (Å²) >= 11 is 11.9. The third-order valence-corrected chi connectivity index (χ3v) is 3.88. The third kappa shape index (κ3) is 4.04. The fourth-order valence-electron chi connectivity index (χ4n) is 1.99. The summed E-state index contributed by atoms with van der Waals surface area (Å²) in [6, 6.07) is 5.89. The highest BCUT2D eigenvalue weighted by molar-refractivity contribution is 7.86. The summed E-state index contributed by atoms with van der Waals surface area (Å²) in [6.45, 7) is 0. The summed E-state index contributed by atoms with van der Waals surface area (Å²) in [5.74, 6) is -0.656. The van der Waals surface area contributed by atoms with Crippen LogP contribution in [0, 0.1) is 0 Å². The molecule has 1 aliphatic heterocycles. The molecule has 1 aromatic carbocycles. The number of cyclic esters (lactones) is 1. The summed E-state index contributed by atoms with van der Waals surface area (Å²) in [4.78, 5) is 16.0. The molecule has 2 aromatic rings. The van der Waals surface area contributed by atoms with Crippen molar-refractivity contribution in [1.29, 1.82) is 0 Å². The van der Waals surface area contributed by atoms with Crippen molar-refractivity contribution in [3.05, 3.63) is 57.6 Å². The molecular formula is C15H9Cl2NO6S. The van der Waals surface area contributed by atoms with Gasteiger partial charge < -0.3 is 13.3 Å². The molecule has 0 spiro atoms. The van der Waals surface area contributed by atoms with E-state index >= 15 is 0 Å². The molecule has 0 atom stereocenters. The summed E-state index contributed by atoms with van der Waals surface area (Å²) < 4.78 is 37.9. The highest BCUT2D eigenvalue weighted by Crippen LogP contribution is 2.35. The molecule has 130 valence electrons. The molecule has 0 bridgehead atoms. The van der Waals surface area contributed by atoms with Gasteiger partial charge in [-0.25, -0.2) is 9.79 Å². The van der Waals surface area contributed by atoms with E-state index in [0.717, 1.165) is 6.26 Å². The smallest absolute Gasteiger partial charge is 0.363 e.